The molecule has 5 nitrogen and oxygen atoms in total. The van der Waals surface area contributed by atoms with E-state index in [0.29, 0.717) is 36.5 Å². The standard InChI is InChI=1S/C17H16BrClN2O3S/c18-12-3-8-15(20-11-12)21-16(22)17(9-1-2-10-17)25(23,24)14-6-4-13(19)5-7-14/h3-8,11H,1-2,9-10H2,(H,20,21,22). The first kappa shape index (κ1) is 18.4. The number of amides is 1. The van der Waals surface area contributed by atoms with Crippen LogP contribution >= 0.6 is 27.5 Å². The summed E-state index contributed by atoms with van der Waals surface area (Å²) in [6.07, 6.45) is 3.51. The van der Waals surface area contributed by atoms with Crippen molar-refractivity contribution in [3.8, 4) is 0 Å². The van der Waals surface area contributed by atoms with Gasteiger partial charge in [0.05, 0.1) is 4.90 Å². The number of nitrogens with one attached hydrogen (secondary N) is 1. The molecule has 1 aromatic heterocycles. The average molecular weight is 444 g/mol. The summed E-state index contributed by atoms with van der Waals surface area (Å²) in [4.78, 5) is 17.1. The van der Waals surface area contributed by atoms with Gasteiger partial charge in [0.15, 0.2) is 14.6 Å². The topological polar surface area (TPSA) is 76.1 Å². The second-order valence-corrected chi connectivity index (χ2v) is 9.59. The number of hydrogen-bond donors (Lipinski definition) is 1. The Hall–Kier alpha value is -1.44. The number of benzene rings is 1. The molecule has 1 aliphatic rings. The molecule has 0 bridgehead atoms. The monoisotopic (exact) mass is 442 g/mol. The molecule has 1 heterocycles. The molecular weight excluding hydrogens is 428 g/mol. The lowest BCUT2D eigenvalue weighted by Gasteiger charge is -2.27. The van der Waals surface area contributed by atoms with Gasteiger partial charge in [0.25, 0.3) is 0 Å². The highest BCUT2D eigenvalue weighted by molar-refractivity contribution is 9.10. The van der Waals surface area contributed by atoms with Gasteiger partial charge in [-0.05, 0) is 65.2 Å². The third-order valence-corrected chi connectivity index (χ3v) is 7.67. The molecule has 0 radical (unpaired) electrons. The van der Waals surface area contributed by atoms with Gasteiger partial charge in [-0.3, -0.25) is 4.79 Å². The van der Waals surface area contributed by atoms with Gasteiger partial charge >= 0.3 is 0 Å². The number of hydrogen-bond acceptors (Lipinski definition) is 4. The van der Waals surface area contributed by atoms with E-state index in [1.54, 1.807) is 18.3 Å². The minimum atomic E-state index is -3.85. The zero-order chi connectivity index (χ0) is 18.1. The Kier molecular flexibility index (Phi) is 5.18. The van der Waals surface area contributed by atoms with E-state index in [9.17, 15) is 13.2 Å². The van der Waals surface area contributed by atoms with Gasteiger partial charge in [-0.15, -0.1) is 0 Å². The summed E-state index contributed by atoms with van der Waals surface area (Å²) >= 11 is 9.13. The number of sulfone groups is 1. The summed E-state index contributed by atoms with van der Waals surface area (Å²) in [5.41, 5.74) is 0. The van der Waals surface area contributed by atoms with Crippen molar-refractivity contribution < 1.29 is 13.2 Å². The van der Waals surface area contributed by atoms with Gasteiger partial charge in [-0.2, -0.15) is 0 Å². The summed E-state index contributed by atoms with van der Waals surface area (Å²) in [6, 6.07) is 9.29. The maximum absolute atomic E-state index is 13.2. The van der Waals surface area contributed by atoms with Crippen LogP contribution in [0.4, 0.5) is 5.82 Å². The van der Waals surface area contributed by atoms with Crippen LogP contribution < -0.4 is 5.32 Å². The Morgan fingerprint density at radius 3 is 2.32 bits per heavy atom. The Labute approximate surface area is 159 Å². The predicted octanol–water partition coefficient (Wildman–Crippen LogP) is 4.22. The second-order valence-electron chi connectivity index (χ2n) is 5.97. The van der Waals surface area contributed by atoms with Crippen LogP contribution in [0.1, 0.15) is 25.7 Å². The van der Waals surface area contributed by atoms with E-state index in [-0.39, 0.29) is 4.90 Å². The van der Waals surface area contributed by atoms with Gasteiger partial charge in [0.2, 0.25) is 5.91 Å². The van der Waals surface area contributed by atoms with E-state index in [0.717, 1.165) is 4.47 Å². The summed E-state index contributed by atoms with van der Waals surface area (Å²) in [6.45, 7) is 0. The van der Waals surface area contributed by atoms with Crippen molar-refractivity contribution in [3.63, 3.8) is 0 Å². The lowest BCUT2D eigenvalue weighted by atomic mass is 10.1. The first-order valence-electron chi connectivity index (χ1n) is 7.78. The summed E-state index contributed by atoms with van der Waals surface area (Å²) in [7, 11) is -3.85. The van der Waals surface area contributed by atoms with Gasteiger partial charge in [-0.1, -0.05) is 24.4 Å². The van der Waals surface area contributed by atoms with Gasteiger partial charge in [0.1, 0.15) is 5.82 Å². The maximum Gasteiger partial charge on any atom is 0.247 e. The van der Waals surface area contributed by atoms with E-state index in [1.807, 2.05) is 0 Å². The SMILES string of the molecule is O=C(Nc1ccc(Br)cn1)C1(S(=O)(=O)c2ccc(Cl)cc2)CCCC1. The van der Waals surface area contributed by atoms with Crippen LogP contribution in [0, 0.1) is 0 Å². The molecule has 1 aromatic carbocycles. The molecule has 0 aliphatic heterocycles. The Morgan fingerprint density at radius 2 is 1.76 bits per heavy atom. The normalized spacial score (nSPS) is 16.6. The highest BCUT2D eigenvalue weighted by Crippen LogP contribution is 2.41. The average Bonchev–Trinajstić information content (AvgIpc) is 3.09. The molecule has 0 spiro atoms. The number of nitrogens with zero attached hydrogens (tertiary/aromatic N) is 1. The van der Waals surface area contributed by atoms with Crippen molar-refractivity contribution in [1.82, 2.24) is 4.98 Å². The molecule has 1 fully saturated rings. The molecule has 0 atom stereocenters. The number of halogens is 2. The zero-order valence-electron chi connectivity index (χ0n) is 13.2. The van der Waals surface area contributed by atoms with Crippen LogP contribution in [0.2, 0.25) is 5.02 Å². The molecule has 3 rings (SSSR count). The van der Waals surface area contributed by atoms with E-state index in [1.165, 1.54) is 24.3 Å². The van der Waals surface area contributed by atoms with E-state index in [4.69, 9.17) is 11.6 Å². The minimum absolute atomic E-state index is 0.109. The third kappa shape index (κ3) is 3.45. The number of carbonyl (C=O) groups is 1. The molecular formula is C17H16BrClN2O3S. The molecule has 1 saturated carbocycles. The Balaban J connectivity index is 1.96. The summed E-state index contributed by atoms with van der Waals surface area (Å²) in [5, 5.41) is 3.11. The molecule has 0 unspecified atom stereocenters. The number of anilines is 1. The predicted molar refractivity (Wildman–Crippen MR) is 100 cm³/mol. The first-order chi connectivity index (χ1) is 11.8. The highest BCUT2D eigenvalue weighted by atomic mass is 79.9. The molecule has 132 valence electrons. The number of carbonyl (C=O) groups excluding carboxylic acids is 1. The Morgan fingerprint density at radius 1 is 1.12 bits per heavy atom. The zero-order valence-corrected chi connectivity index (χ0v) is 16.4. The van der Waals surface area contributed by atoms with Crippen LogP contribution in [0.25, 0.3) is 0 Å². The van der Waals surface area contributed by atoms with E-state index >= 15 is 0 Å². The van der Waals surface area contributed by atoms with Gasteiger partial charge in [0, 0.05) is 15.7 Å². The fourth-order valence-electron chi connectivity index (χ4n) is 3.08. The fourth-order valence-corrected chi connectivity index (χ4v) is 5.51. The second kappa shape index (κ2) is 7.05. The minimum Gasteiger partial charge on any atom is -0.309 e. The highest BCUT2D eigenvalue weighted by Gasteiger charge is 2.53. The van der Waals surface area contributed by atoms with E-state index in [2.05, 4.69) is 26.2 Å². The van der Waals surface area contributed by atoms with Crippen LogP contribution in [0.5, 0.6) is 0 Å². The molecule has 1 aliphatic carbocycles. The van der Waals surface area contributed by atoms with Crippen molar-refractivity contribution in [2.45, 2.75) is 35.3 Å². The van der Waals surface area contributed by atoms with Crippen LogP contribution in [-0.2, 0) is 14.6 Å². The molecule has 1 N–H and O–H groups in total. The Bertz CT molecular complexity index is 877. The van der Waals surface area contributed by atoms with Crippen molar-refractivity contribution in [1.29, 1.82) is 0 Å². The van der Waals surface area contributed by atoms with Crippen molar-refractivity contribution in [2.75, 3.05) is 5.32 Å². The summed E-state index contributed by atoms with van der Waals surface area (Å²) < 4.78 is 25.7. The molecule has 1 amide bonds. The number of aromatic nitrogens is 1. The van der Waals surface area contributed by atoms with Crippen LogP contribution in [-0.4, -0.2) is 24.1 Å². The largest absolute Gasteiger partial charge is 0.309 e. The van der Waals surface area contributed by atoms with Gasteiger partial charge < -0.3 is 5.32 Å². The van der Waals surface area contributed by atoms with Crippen LogP contribution in [0.3, 0.4) is 0 Å². The lowest BCUT2D eigenvalue weighted by molar-refractivity contribution is -0.118. The quantitative estimate of drug-likeness (QED) is 0.767. The molecule has 8 heteroatoms. The smallest absolute Gasteiger partial charge is 0.247 e. The fraction of sp³-hybridized carbons (Fsp3) is 0.294. The van der Waals surface area contributed by atoms with Gasteiger partial charge in [-0.25, -0.2) is 13.4 Å². The lowest BCUT2D eigenvalue weighted by Crippen LogP contribution is -2.47. The maximum atomic E-state index is 13.2. The third-order valence-electron chi connectivity index (χ3n) is 4.43. The molecule has 25 heavy (non-hydrogen) atoms. The summed E-state index contributed by atoms with van der Waals surface area (Å²) in [5.74, 6) is -0.208. The molecule has 2 aromatic rings. The van der Waals surface area contributed by atoms with Crippen molar-refractivity contribution >= 4 is 49.1 Å². The van der Waals surface area contributed by atoms with Crippen LogP contribution in [0.15, 0.2) is 52.0 Å². The first-order valence-corrected chi connectivity index (χ1v) is 10.4. The van der Waals surface area contributed by atoms with Crippen molar-refractivity contribution in [2.24, 2.45) is 0 Å². The molecule has 0 saturated heterocycles. The number of rotatable bonds is 4. The van der Waals surface area contributed by atoms with Crippen molar-refractivity contribution in [3.05, 3.63) is 52.1 Å². The number of pyridine rings is 1. The van der Waals surface area contributed by atoms with E-state index < -0.39 is 20.5 Å².